The molecule has 0 fully saturated rings. The average Bonchev–Trinajstić information content (AvgIpc) is 2.41. The molecule has 6 heteroatoms. The third-order valence-corrected chi connectivity index (χ3v) is 3.51. The normalized spacial score (nSPS) is 10.4. The second-order valence-corrected chi connectivity index (χ2v) is 4.95. The maximum Gasteiger partial charge on any atom is 0.273 e. The van der Waals surface area contributed by atoms with Crippen LogP contribution in [0.25, 0.3) is 0 Å². The molecule has 2 aromatic carbocycles. The van der Waals surface area contributed by atoms with Gasteiger partial charge in [0.05, 0.1) is 4.92 Å². The molecule has 0 amide bonds. The molecule has 2 rings (SSSR count). The zero-order chi connectivity index (χ0) is 13.8. The summed E-state index contributed by atoms with van der Waals surface area (Å²) in [6.07, 6.45) is 0. The molecule has 4 nitrogen and oxygen atoms in total. The first-order chi connectivity index (χ1) is 9.10. The lowest BCUT2D eigenvalue weighted by Crippen LogP contribution is -2.01. The Morgan fingerprint density at radius 2 is 1.79 bits per heavy atom. The monoisotopic (exact) mass is 278 g/mol. The highest BCUT2D eigenvalue weighted by atomic mass is 32.2. The third kappa shape index (κ3) is 3.30. The van der Waals surface area contributed by atoms with E-state index >= 15 is 0 Å². The van der Waals surface area contributed by atoms with Crippen LogP contribution in [0.5, 0.6) is 0 Å². The van der Waals surface area contributed by atoms with Crippen molar-refractivity contribution >= 4 is 17.4 Å². The Morgan fingerprint density at radius 1 is 1.16 bits per heavy atom. The van der Waals surface area contributed by atoms with Crippen molar-refractivity contribution in [2.24, 2.45) is 5.73 Å². The highest BCUT2D eigenvalue weighted by Gasteiger charge is 2.13. The molecule has 0 radical (unpaired) electrons. The molecule has 2 aromatic rings. The van der Waals surface area contributed by atoms with Crippen LogP contribution in [0.1, 0.15) is 5.56 Å². The number of nitro groups is 1. The molecule has 0 spiro atoms. The van der Waals surface area contributed by atoms with E-state index in [0.717, 1.165) is 9.79 Å². The Bertz CT molecular complexity index is 602. The number of halogens is 1. The number of rotatable bonds is 4. The summed E-state index contributed by atoms with van der Waals surface area (Å²) in [6.45, 7) is 0.105. The van der Waals surface area contributed by atoms with Crippen molar-refractivity contribution < 1.29 is 9.31 Å². The third-order valence-electron chi connectivity index (χ3n) is 2.52. The number of hydrogen-bond acceptors (Lipinski definition) is 4. The van der Waals surface area contributed by atoms with Gasteiger partial charge in [0.1, 0.15) is 5.82 Å². The van der Waals surface area contributed by atoms with Crippen LogP contribution in [0.2, 0.25) is 0 Å². The van der Waals surface area contributed by atoms with Crippen LogP contribution in [0.3, 0.4) is 0 Å². The van der Waals surface area contributed by atoms with E-state index in [1.54, 1.807) is 24.3 Å². The second kappa shape index (κ2) is 5.81. The van der Waals surface area contributed by atoms with E-state index in [2.05, 4.69) is 0 Å². The minimum Gasteiger partial charge on any atom is -0.326 e. The second-order valence-electron chi connectivity index (χ2n) is 3.81. The van der Waals surface area contributed by atoms with Crippen LogP contribution in [0.4, 0.5) is 10.1 Å². The van der Waals surface area contributed by atoms with Gasteiger partial charge in [0.2, 0.25) is 0 Å². The van der Waals surface area contributed by atoms with Crippen molar-refractivity contribution in [3.63, 3.8) is 0 Å². The van der Waals surface area contributed by atoms with Gasteiger partial charge in [0.25, 0.3) is 5.69 Å². The quantitative estimate of drug-likeness (QED) is 0.688. The zero-order valence-electron chi connectivity index (χ0n) is 9.88. The van der Waals surface area contributed by atoms with Gasteiger partial charge in [0, 0.05) is 28.0 Å². The van der Waals surface area contributed by atoms with Crippen LogP contribution in [0.15, 0.2) is 52.3 Å². The molecule has 0 bridgehead atoms. The summed E-state index contributed by atoms with van der Waals surface area (Å²) in [5, 5.41) is 10.8. The maximum absolute atomic E-state index is 12.8. The first-order valence-electron chi connectivity index (χ1n) is 5.51. The molecule has 0 saturated carbocycles. The van der Waals surface area contributed by atoms with Gasteiger partial charge in [-0.2, -0.15) is 0 Å². The van der Waals surface area contributed by atoms with Crippen molar-refractivity contribution in [2.45, 2.75) is 16.3 Å². The molecule has 0 atom stereocenters. The Hall–Kier alpha value is -1.92. The van der Waals surface area contributed by atoms with E-state index < -0.39 is 4.92 Å². The lowest BCUT2D eigenvalue weighted by Gasteiger charge is -2.05. The predicted molar refractivity (Wildman–Crippen MR) is 71.5 cm³/mol. The number of nitrogens with zero attached hydrogens (tertiary/aromatic N) is 1. The Kier molecular flexibility index (Phi) is 4.13. The van der Waals surface area contributed by atoms with Crippen LogP contribution in [-0.4, -0.2) is 4.92 Å². The van der Waals surface area contributed by atoms with E-state index in [1.807, 2.05) is 0 Å². The summed E-state index contributed by atoms with van der Waals surface area (Å²) in [6, 6.07) is 10.8. The summed E-state index contributed by atoms with van der Waals surface area (Å²) >= 11 is 1.40. The van der Waals surface area contributed by atoms with Crippen molar-refractivity contribution in [3.05, 3.63) is 64.0 Å². The SMILES string of the molecule is NCc1cc(Sc2ccc(F)cc2)ccc1[N+](=O)[O-]. The molecule has 2 N–H and O–H groups in total. The number of hydrogen-bond donors (Lipinski definition) is 1. The summed E-state index contributed by atoms with van der Waals surface area (Å²) in [5.41, 5.74) is 6.01. The predicted octanol–water partition coefficient (Wildman–Crippen LogP) is 3.34. The fraction of sp³-hybridized carbons (Fsp3) is 0.0769. The van der Waals surface area contributed by atoms with E-state index in [1.165, 1.54) is 30.0 Å². The van der Waals surface area contributed by atoms with Gasteiger partial charge in [-0.25, -0.2) is 4.39 Å². The molecule has 0 heterocycles. The Morgan fingerprint density at radius 3 is 2.37 bits per heavy atom. The molecule has 0 aliphatic carbocycles. The summed E-state index contributed by atoms with van der Waals surface area (Å²) < 4.78 is 12.8. The zero-order valence-corrected chi connectivity index (χ0v) is 10.7. The maximum atomic E-state index is 12.8. The molecule has 0 saturated heterocycles. The fourth-order valence-corrected chi connectivity index (χ4v) is 2.49. The van der Waals surface area contributed by atoms with E-state index in [4.69, 9.17) is 5.73 Å². The number of nitrogens with two attached hydrogens (primary N) is 1. The molecule has 19 heavy (non-hydrogen) atoms. The highest BCUT2D eigenvalue weighted by molar-refractivity contribution is 7.99. The lowest BCUT2D eigenvalue weighted by atomic mass is 10.2. The molecular weight excluding hydrogens is 267 g/mol. The Balaban J connectivity index is 2.26. The van der Waals surface area contributed by atoms with E-state index in [9.17, 15) is 14.5 Å². The first kappa shape index (κ1) is 13.5. The molecule has 0 unspecified atom stereocenters. The highest BCUT2D eigenvalue weighted by Crippen LogP contribution is 2.31. The molecular formula is C13H11FN2O2S. The van der Waals surface area contributed by atoms with Gasteiger partial charge in [-0.1, -0.05) is 11.8 Å². The fourth-order valence-electron chi connectivity index (χ4n) is 1.61. The van der Waals surface area contributed by atoms with Crippen molar-refractivity contribution in [2.75, 3.05) is 0 Å². The molecule has 98 valence electrons. The van der Waals surface area contributed by atoms with Gasteiger partial charge >= 0.3 is 0 Å². The largest absolute Gasteiger partial charge is 0.326 e. The van der Waals surface area contributed by atoms with Crippen LogP contribution in [0, 0.1) is 15.9 Å². The van der Waals surface area contributed by atoms with Crippen LogP contribution < -0.4 is 5.73 Å². The molecule has 0 aromatic heterocycles. The molecule has 0 aliphatic heterocycles. The number of nitro benzene ring substituents is 1. The van der Waals surface area contributed by atoms with Gasteiger partial charge in [-0.15, -0.1) is 0 Å². The summed E-state index contributed by atoms with van der Waals surface area (Å²) in [4.78, 5) is 12.0. The summed E-state index contributed by atoms with van der Waals surface area (Å²) in [7, 11) is 0. The molecule has 0 aliphatic rings. The van der Waals surface area contributed by atoms with Crippen LogP contribution in [-0.2, 0) is 6.54 Å². The first-order valence-corrected chi connectivity index (χ1v) is 6.32. The standard InChI is InChI=1S/C13H11FN2O2S/c14-10-1-3-11(4-2-10)19-12-5-6-13(16(17)18)9(7-12)8-15/h1-7H,8,15H2. The minimum atomic E-state index is -0.450. The van der Waals surface area contributed by atoms with E-state index in [0.29, 0.717) is 5.56 Å². The summed E-state index contributed by atoms with van der Waals surface area (Å²) in [5.74, 6) is -0.296. The van der Waals surface area contributed by atoms with Gasteiger partial charge < -0.3 is 5.73 Å². The average molecular weight is 278 g/mol. The van der Waals surface area contributed by atoms with Gasteiger partial charge in [-0.05, 0) is 36.4 Å². The number of benzene rings is 2. The van der Waals surface area contributed by atoms with E-state index in [-0.39, 0.29) is 18.0 Å². The minimum absolute atomic E-state index is 0.0194. The topological polar surface area (TPSA) is 69.2 Å². The van der Waals surface area contributed by atoms with Gasteiger partial charge in [-0.3, -0.25) is 10.1 Å². The lowest BCUT2D eigenvalue weighted by molar-refractivity contribution is -0.385. The smallest absolute Gasteiger partial charge is 0.273 e. The van der Waals surface area contributed by atoms with Crippen LogP contribution >= 0.6 is 11.8 Å². The van der Waals surface area contributed by atoms with Crippen molar-refractivity contribution in [1.82, 2.24) is 0 Å². The van der Waals surface area contributed by atoms with Gasteiger partial charge in [0.15, 0.2) is 0 Å². The Labute approximate surface area is 113 Å². The van der Waals surface area contributed by atoms with Crippen molar-refractivity contribution in [1.29, 1.82) is 0 Å². The van der Waals surface area contributed by atoms with Crippen molar-refractivity contribution in [3.8, 4) is 0 Å².